The third kappa shape index (κ3) is 4.11. The molecule has 0 saturated heterocycles. The summed E-state index contributed by atoms with van der Waals surface area (Å²) in [6.45, 7) is 0. The van der Waals surface area contributed by atoms with Crippen molar-refractivity contribution in [1.29, 1.82) is 0 Å². The minimum Gasteiger partial charge on any atom is -0.310 e. The second-order valence-corrected chi connectivity index (χ2v) is 18.4. The molecule has 7 aromatic rings. The summed E-state index contributed by atoms with van der Waals surface area (Å²) in [4.78, 5) is 2.63. The highest BCUT2D eigenvalue weighted by Crippen LogP contribution is 2.70. The molecule has 56 heavy (non-hydrogen) atoms. The lowest BCUT2D eigenvalue weighted by Crippen LogP contribution is -2.55. The first-order valence-electron chi connectivity index (χ1n) is 21.6. The monoisotopic (exact) mass is 721 g/mol. The van der Waals surface area contributed by atoms with Gasteiger partial charge in [-0.25, -0.2) is 0 Å². The van der Waals surface area contributed by atoms with Crippen molar-refractivity contribution < 1.29 is 0 Å². The van der Waals surface area contributed by atoms with E-state index in [2.05, 4.69) is 157 Å². The Morgan fingerprint density at radius 3 is 1.86 bits per heavy atom. The number of hydrogen-bond acceptors (Lipinski definition) is 1. The minimum atomic E-state index is 0.130. The van der Waals surface area contributed by atoms with Crippen LogP contribution in [-0.2, 0) is 10.8 Å². The fraction of sp³-hybridized carbons (Fsp3) is 0.273. The Balaban J connectivity index is 1.03. The Labute approximate surface area is 331 Å². The molecule has 0 atom stereocenters. The summed E-state index contributed by atoms with van der Waals surface area (Å²) in [5.41, 5.74) is 18.8. The molecule has 5 saturated carbocycles. The van der Waals surface area contributed by atoms with Gasteiger partial charge in [0.2, 0.25) is 0 Å². The molecule has 7 aliphatic rings. The van der Waals surface area contributed by atoms with E-state index < -0.39 is 0 Å². The van der Waals surface area contributed by atoms with E-state index in [9.17, 15) is 0 Å². The van der Waals surface area contributed by atoms with E-state index in [1.807, 2.05) is 0 Å². The van der Waals surface area contributed by atoms with E-state index in [0.29, 0.717) is 0 Å². The smallest absolute Gasteiger partial charge is 0.0543 e. The van der Waals surface area contributed by atoms with Crippen LogP contribution in [0.1, 0.15) is 80.0 Å². The van der Waals surface area contributed by atoms with Crippen LogP contribution in [0.5, 0.6) is 0 Å². The lowest BCUT2D eigenvalue weighted by Gasteiger charge is -2.61. The lowest BCUT2D eigenvalue weighted by atomic mass is 9.43. The predicted molar refractivity (Wildman–Crippen MR) is 232 cm³/mol. The summed E-state index contributed by atoms with van der Waals surface area (Å²) in [7, 11) is 0. The largest absolute Gasteiger partial charge is 0.310 e. The van der Waals surface area contributed by atoms with Crippen LogP contribution in [0.15, 0.2) is 152 Å². The van der Waals surface area contributed by atoms with E-state index in [0.717, 1.165) is 23.7 Å². The summed E-state index contributed by atoms with van der Waals surface area (Å²) < 4.78 is 0. The van der Waals surface area contributed by atoms with Crippen molar-refractivity contribution in [2.24, 2.45) is 23.7 Å². The molecule has 7 aromatic carbocycles. The zero-order chi connectivity index (χ0) is 36.6. The molecule has 2 spiro atoms. The molecule has 0 unspecified atom stereocenters. The number of benzene rings is 7. The first kappa shape index (κ1) is 31.8. The number of anilines is 3. The summed E-state index contributed by atoms with van der Waals surface area (Å²) in [5, 5.41) is 2.59. The number of nitrogens with zero attached hydrogens (tertiary/aromatic N) is 1. The van der Waals surface area contributed by atoms with Gasteiger partial charge in [0.1, 0.15) is 0 Å². The molecule has 0 heterocycles. The Morgan fingerprint density at radius 1 is 0.446 bits per heavy atom. The molecule has 4 bridgehead atoms. The van der Waals surface area contributed by atoms with Crippen LogP contribution in [0.25, 0.3) is 44.2 Å². The number of fused-ring (bicyclic) bond motifs is 9. The van der Waals surface area contributed by atoms with Gasteiger partial charge in [0, 0.05) is 27.8 Å². The standard InChI is InChI=1S/C55H47N/c1-2-13-43-37(11-1)12-9-16-44(43)38-21-23-41(24-22-38)56(42-25-26-49-47(34-42)45-14-3-5-17-48(45)54(49)27-7-8-28-54)52-20-10-19-51-53(52)46-15-4-6-18-50(46)55(51)39-30-35-29-36(32-39)33-40(55)31-35/h1-6,9-26,34-36,39-40H,7-8,27-33H2. The lowest BCUT2D eigenvalue weighted by molar-refractivity contribution is -0.0399. The molecular formula is C55H47N. The zero-order valence-electron chi connectivity index (χ0n) is 32.1. The van der Waals surface area contributed by atoms with Crippen molar-refractivity contribution in [3.63, 3.8) is 0 Å². The van der Waals surface area contributed by atoms with Gasteiger partial charge in [-0.1, -0.05) is 134 Å². The molecule has 14 rings (SSSR count). The third-order valence-corrected chi connectivity index (χ3v) is 16.0. The topological polar surface area (TPSA) is 3.24 Å². The Kier molecular flexibility index (Phi) is 6.57. The molecule has 0 aliphatic heterocycles. The van der Waals surface area contributed by atoms with Crippen LogP contribution >= 0.6 is 0 Å². The second kappa shape index (κ2) is 11.6. The van der Waals surface area contributed by atoms with Crippen molar-refractivity contribution in [1.82, 2.24) is 0 Å². The highest BCUT2D eigenvalue weighted by Gasteiger charge is 2.62. The van der Waals surface area contributed by atoms with E-state index in [-0.39, 0.29) is 10.8 Å². The third-order valence-electron chi connectivity index (χ3n) is 16.0. The molecular weight excluding hydrogens is 675 g/mol. The molecule has 0 aromatic heterocycles. The van der Waals surface area contributed by atoms with Crippen molar-refractivity contribution >= 4 is 27.8 Å². The fourth-order valence-corrected chi connectivity index (χ4v) is 14.2. The van der Waals surface area contributed by atoms with Gasteiger partial charge < -0.3 is 4.90 Å². The van der Waals surface area contributed by atoms with Crippen LogP contribution in [0.2, 0.25) is 0 Å². The Hall–Kier alpha value is -5.40. The van der Waals surface area contributed by atoms with E-state index >= 15 is 0 Å². The minimum absolute atomic E-state index is 0.130. The van der Waals surface area contributed by atoms with Gasteiger partial charge in [0.25, 0.3) is 0 Å². The van der Waals surface area contributed by atoms with Crippen molar-refractivity contribution in [3.05, 3.63) is 174 Å². The van der Waals surface area contributed by atoms with Crippen LogP contribution < -0.4 is 4.90 Å². The van der Waals surface area contributed by atoms with Crippen molar-refractivity contribution in [3.8, 4) is 33.4 Å². The molecule has 7 aliphatic carbocycles. The van der Waals surface area contributed by atoms with Gasteiger partial charge in [-0.3, -0.25) is 0 Å². The average molecular weight is 722 g/mol. The van der Waals surface area contributed by atoms with Gasteiger partial charge in [-0.15, -0.1) is 0 Å². The summed E-state index contributed by atoms with van der Waals surface area (Å²) in [6.07, 6.45) is 12.2. The molecule has 1 heteroatoms. The van der Waals surface area contributed by atoms with Gasteiger partial charge in [0.05, 0.1) is 5.69 Å². The Morgan fingerprint density at radius 2 is 1.05 bits per heavy atom. The van der Waals surface area contributed by atoms with Gasteiger partial charge >= 0.3 is 0 Å². The molecule has 0 amide bonds. The molecule has 5 fully saturated rings. The maximum Gasteiger partial charge on any atom is 0.0543 e. The number of rotatable bonds is 4. The van der Waals surface area contributed by atoms with Crippen LogP contribution in [0.3, 0.4) is 0 Å². The highest BCUT2D eigenvalue weighted by atomic mass is 15.1. The van der Waals surface area contributed by atoms with E-state index in [4.69, 9.17) is 0 Å². The van der Waals surface area contributed by atoms with E-state index in [1.165, 1.54) is 119 Å². The first-order valence-corrected chi connectivity index (χ1v) is 21.6. The average Bonchev–Trinajstić information content (AvgIpc) is 3.93. The highest BCUT2D eigenvalue weighted by molar-refractivity contribution is 5.99. The van der Waals surface area contributed by atoms with Gasteiger partial charge in [-0.2, -0.15) is 0 Å². The Bertz CT molecular complexity index is 2690. The molecule has 0 N–H and O–H groups in total. The second-order valence-electron chi connectivity index (χ2n) is 18.4. The van der Waals surface area contributed by atoms with Crippen LogP contribution in [0, 0.1) is 23.7 Å². The maximum absolute atomic E-state index is 2.63. The quantitative estimate of drug-likeness (QED) is 0.175. The normalized spacial score (nSPS) is 25.4. The zero-order valence-corrected chi connectivity index (χ0v) is 32.1. The number of hydrogen-bond donors (Lipinski definition) is 0. The SMILES string of the molecule is c1ccc2c(c1)-c1cc(N(c3ccc(-c4cccc5ccccc45)cc3)c3cccc4c3-c3ccccc3C43C4CC5CC(C4)CC3C5)ccc1C21CCCC1. The summed E-state index contributed by atoms with van der Waals surface area (Å²) in [6, 6.07) is 58.8. The molecule has 0 radical (unpaired) electrons. The maximum atomic E-state index is 2.63. The fourth-order valence-electron chi connectivity index (χ4n) is 14.2. The van der Waals surface area contributed by atoms with Crippen molar-refractivity contribution in [2.75, 3.05) is 4.90 Å². The summed E-state index contributed by atoms with van der Waals surface area (Å²) >= 11 is 0. The van der Waals surface area contributed by atoms with Gasteiger partial charge in [0.15, 0.2) is 0 Å². The summed E-state index contributed by atoms with van der Waals surface area (Å²) in [5.74, 6) is 3.33. The van der Waals surface area contributed by atoms with Gasteiger partial charge in [-0.05, 0) is 160 Å². The van der Waals surface area contributed by atoms with Crippen LogP contribution in [-0.4, -0.2) is 0 Å². The molecule has 272 valence electrons. The van der Waals surface area contributed by atoms with Crippen LogP contribution in [0.4, 0.5) is 17.1 Å². The first-order chi connectivity index (χ1) is 27.7. The van der Waals surface area contributed by atoms with Crippen molar-refractivity contribution in [2.45, 2.75) is 68.6 Å². The molecule has 1 nitrogen and oxygen atoms in total. The predicted octanol–water partition coefficient (Wildman–Crippen LogP) is 14.5. The van der Waals surface area contributed by atoms with E-state index in [1.54, 1.807) is 22.3 Å².